The van der Waals surface area contributed by atoms with E-state index in [4.69, 9.17) is 5.73 Å². The van der Waals surface area contributed by atoms with Gasteiger partial charge in [0, 0.05) is 11.8 Å². The SMILES string of the molecule is CC(C)SCC(N)CC1CCCc2ccccc21. The highest BCUT2D eigenvalue weighted by atomic mass is 32.2. The lowest BCUT2D eigenvalue weighted by atomic mass is 9.80. The largest absolute Gasteiger partial charge is 0.327 e. The van der Waals surface area contributed by atoms with Gasteiger partial charge >= 0.3 is 0 Å². The van der Waals surface area contributed by atoms with Gasteiger partial charge in [-0.05, 0) is 48.0 Å². The molecule has 1 nitrogen and oxygen atoms in total. The molecule has 0 heterocycles. The molecule has 0 spiro atoms. The molecule has 100 valence electrons. The van der Waals surface area contributed by atoms with Gasteiger partial charge in [-0.2, -0.15) is 11.8 Å². The van der Waals surface area contributed by atoms with Crippen molar-refractivity contribution in [3.05, 3.63) is 35.4 Å². The molecule has 0 fully saturated rings. The topological polar surface area (TPSA) is 26.0 Å². The van der Waals surface area contributed by atoms with Crippen LogP contribution in [0.3, 0.4) is 0 Å². The highest BCUT2D eigenvalue weighted by molar-refractivity contribution is 7.99. The summed E-state index contributed by atoms with van der Waals surface area (Å²) in [7, 11) is 0. The third kappa shape index (κ3) is 3.76. The van der Waals surface area contributed by atoms with Crippen LogP contribution in [-0.2, 0) is 6.42 Å². The summed E-state index contributed by atoms with van der Waals surface area (Å²) in [5.41, 5.74) is 9.41. The van der Waals surface area contributed by atoms with E-state index in [0.717, 1.165) is 12.2 Å². The Morgan fingerprint density at radius 3 is 2.89 bits per heavy atom. The lowest BCUT2D eigenvalue weighted by Crippen LogP contribution is -2.27. The van der Waals surface area contributed by atoms with E-state index < -0.39 is 0 Å². The molecule has 0 aliphatic heterocycles. The van der Waals surface area contributed by atoms with Crippen molar-refractivity contribution in [3.63, 3.8) is 0 Å². The monoisotopic (exact) mass is 263 g/mol. The minimum atomic E-state index is 0.341. The molecule has 2 unspecified atom stereocenters. The van der Waals surface area contributed by atoms with Crippen LogP contribution in [0.2, 0.25) is 0 Å². The number of thioether (sulfide) groups is 1. The molecule has 18 heavy (non-hydrogen) atoms. The van der Waals surface area contributed by atoms with Crippen molar-refractivity contribution < 1.29 is 0 Å². The number of benzene rings is 1. The molecule has 2 rings (SSSR count). The number of rotatable bonds is 5. The third-order valence-corrected chi connectivity index (χ3v) is 5.01. The highest BCUT2D eigenvalue weighted by Gasteiger charge is 2.21. The molecule has 2 N–H and O–H groups in total. The number of hydrogen-bond acceptors (Lipinski definition) is 2. The molecule has 0 aromatic heterocycles. The molecule has 2 heteroatoms. The summed E-state index contributed by atoms with van der Waals surface area (Å²) in [6, 6.07) is 9.27. The van der Waals surface area contributed by atoms with E-state index in [9.17, 15) is 0 Å². The van der Waals surface area contributed by atoms with Gasteiger partial charge in [0.2, 0.25) is 0 Å². The van der Waals surface area contributed by atoms with E-state index in [1.54, 1.807) is 11.1 Å². The minimum absolute atomic E-state index is 0.341. The van der Waals surface area contributed by atoms with Crippen molar-refractivity contribution in [3.8, 4) is 0 Å². The molecule has 0 bridgehead atoms. The second kappa shape index (κ2) is 6.63. The van der Waals surface area contributed by atoms with Gasteiger partial charge in [-0.25, -0.2) is 0 Å². The zero-order chi connectivity index (χ0) is 13.0. The van der Waals surface area contributed by atoms with E-state index >= 15 is 0 Å². The summed E-state index contributed by atoms with van der Waals surface area (Å²) in [5.74, 6) is 1.79. The molecule has 0 radical (unpaired) electrons. The Morgan fingerprint density at radius 1 is 1.33 bits per heavy atom. The van der Waals surface area contributed by atoms with Crippen LogP contribution in [0, 0.1) is 0 Å². The fourth-order valence-electron chi connectivity index (χ4n) is 2.85. The van der Waals surface area contributed by atoms with Crippen molar-refractivity contribution in [1.82, 2.24) is 0 Å². The maximum absolute atomic E-state index is 6.29. The summed E-state index contributed by atoms with van der Waals surface area (Å²) >= 11 is 1.98. The lowest BCUT2D eigenvalue weighted by molar-refractivity contribution is 0.486. The average molecular weight is 263 g/mol. The first-order chi connectivity index (χ1) is 8.66. The van der Waals surface area contributed by atoms with Crippen molar-refractivity contribution in [2.45, 2.75) is 56.7 Å². The fourth-order valence-corrected chi connectivity index (χ4v) is 3.62. The van der Waals surface area contributed by atoms with Crippen LogP contribution in [0.4, 0.5) is 0 Å². The van der Waals surface area contributed by atoms with E-state index in [-0.39, 0.29) is 0 Å². The van der Waals surface area contributed by atoms with Gasteiger partial charge in [0.1, 0.15) is 0 Å². The second-order valence-electron chi connectivity index (χ2n) is 5.67. The summed E-state index contributed by atoms with van der Waals surface area (Å²) in [6.07, 6.45) is 5.04. The standard InChI is InChI=1S/C16H25NS/c1-12(2)18-11-15(17)10-14-8-5-7-13-6-3-4-9-16(13)14/h3-4,6,9,12,14-15H,5,7-8,10-11,17H2,1-2H3. The normalized spacial score (nSPS) is 20.8. The highest BCUT2D eigenvalue weighted by Crippen LogP contribution is 2.34. The quantitative estimate of drug-likeness (QED) is 0.870. The van der Waals surface area contributed by atoms with Gasteiger partial charge in [0.25, 0.3) is 0 Å². The Balaban J connectivity index is 1.94. The number of hydrogen-bond donors (Lipinski definition) is 1. The zero-order valence-corrected chi connectivity index (χ0v) is 12.4. The Morgan fingerprint density at radius 2 is 2.11 bits per heavy atom. The maximum atomic E-state index is 6.29. The molecule has 1 aliphatic rings. The predicted octanol–water partition coefficient (Wildman–Crippen LogP) is 3.97. The van der Waals surface area contributed by atoms with Gasteiger partial charge < -0.3 is 5.73 Å². The number of aryl methyl sites for hydroxylation is 1. The van der Waals surface area contributed by atoms with Crippen molar-refractivity contribution in [1.29, 1.82) is 0 Å². The fraction of sp³-hybridized carbons (Fsp3) is 0.625. The molecule has 1 aromatic carbocycles. The first kappa shape index (κ1) is 14.0. The zero-order valence-electron chi connectivity index (χ0n) is 11.6. The smallest absolute Gasteiger partial charge is 0.0136 e. The molecule has 2 atom stereocenters. The Kier molecular flexibility index (Phi) is 5.13. The number of fused-ring (bicyclic) bond motifs is 1. The van der Waals surface area contributed by atoms with Crippen molar-refractivity contribution in [2.75, 3.05) is 5.75 Å². The predicted molar refractivity (Wildman–Crippen MR) is 82.3 cm³/mol. The van der Waals surface area contributed by atoms with E-state index in [2.05, 4.69) is 38.1 Å². The van der Waals surface area contributed by atoms with E-state index in [1.807, 2.05) is 11.8 Å². The van der Waals surface area contributed by atoms with Crippen molar-refractivity contribution >= 4 is 11.8 Å². The maximum Gasteiger partial charge on any atom is 0.0136 e. The van der Waals surface area contributed by atoms with Crippen LogP contribution in [0.1, 0.15) is 50.2 Å². The summed E-state index contributed by atoms with van der Waals surface area (Å²) in [4.78, 5) is 0. The van der Waals surface area contributed by atoms with Crippen LogP contribution in [0.25, 0.3) is 0 Å². The number of nitrogens with two attached hydrogens (primary N) is 1. The van der Waals surface area contributed by atoms with Gasteiger partial charge in [-0.15, -0.1) is 0 Å². The molecule has 0 saturated heterocycles. The van der Waals surface area contributed by atoms with Gasteiger partial charge in [0.05, 0.1) is 0 Å². The van der Waals surface area contributed by atoms with Crippen LogP contribution in [-0.4, -0.2) is 17.0 Å². The Hall–Kier alpha value is -0.470. The summed E-state index contributed by atoms with van der Waals surface area (Å²) < 4.78 is 0. The minimum Gasteiger partial charge on any atom is -0.327 e. The van der Waals surface area contributed by atoms with Crippen LogP contribution in [0.5, 0.6) is 0 Å². The molecule has 0 amide bonds. The van der Waals surface area contributed by atoms with Crippen LogP contribution < -0.4 is 5.73 Å². The molecule has 1 aliphatic carbocycles. The van der Waals surface area contributed by atoms with Gasteiger partial charge in [0.15, 0.2) is 0 Å². The average Bonchev–Trinajstić information content (AvgIpc) is 2.37. The van der Waals surface area contributed by atoms with Crippen LogP contribution >= 0.6 is 11.8 Å². The molecule has 1 aromatic rings. The van der Waals surface area contributed by atoms with Gasteiger partial charge in [-0.1, -0.05) is 38.1 Å². The van der Waals surface area contributed by atoms with E-state index in [0.29, 0.717) is 17.2 Å². The van der Waals surface area contributed by atoms with Crippen LogP contribution in [0.15, 0.2) is 24.3 Å². The summed E-state index contributed by atoms with van der Waals surface area (Å²) in [6.45, 7) is 4.49. The Bertz CT molecular complexity index is 375. The van der Waals surface area contributed by atoms with E-state index in [1.165, 1.54) is 19.3 Å². The second-order valence-corrected chi connectivity index (χ2v) is 7.28. The first-order valence-electron chi connectivity index (χ1n) is 7.11. The lowest BCUT2D eigenvalue weighted by Gasteiger charge is -2.27. The Labute approximate surface area is 116 Å². The van der Waals surface area contributed by atoms with Gasteiger partial charge in [-0.3, -0.25) is 0 Å². The molecule has 0 saturated carbocycles. The first-order valence-corrected chi connectivity index (χ1v) is 8.16. The third-order valence-electron chi connectivity index (χ3n) is 3.72. The van der Waals surface area contributed by atoms with Crippen molar-refractivity contribution in [2.24, 2.45) is 5.73 Å². The molecular formula is C16H25NS. The molecular weight excluding hydrogens is 238 g/mol. The summed E-state index contributed by atoms with van der Waals surface area (Å²) in [5, 5.41) is 0.690.